The van der Waals surface area contributed by atoms with E-state index in [1.54, 1.807) is 12.0 Å². The number of piperidine rings is 1. The molecule has 3 rings (SSSR count). The number of quaternary nitrogens is 1. The monoisotopic (exact) mass is 340 g/mol. The Kier molecular flexibility index (Phi) is 5.90. The van der Waals surface area contributed by atoms with Gasteiger partial charge in [-0.2, -0.15) is 0 Å². The highest BCUT2D eigenvalue weighted by Crippen LogP contribution is 2.15. The zero-order chi connectivity index (χ0) is 17.5. The van der Waals surface area contributed by atoms with Gasteiger partial charge in [-0.1, -0.05) is 30.3 Å². The zero-order valence-corrected chi connectivity index (χ0v) is 14.6. The molecule has 5 heteroatoms. The molecule has 0 unspecified atom stereocenters. The quantitative estimate of drug-likeness (QED) is 0.780. The highest BCUT2D eigenvalue weighted by molar-refractivity contribution is 5.89. The Bertz CT molecular complexity index is 665. The summed E-state index contributed by atoms with van der Waals surface area (Å²) < 4.78 is 5.12. The van der Waals surface area contributed by atoms with E-state index in [1.165, 1.54) is 5.56 Å². The summed E-state index contributed by atoms with van der Waals surface area (Å²) in [7, 11) is 1.63. The number of carbonyl (C=O) groups excluding carboxylic acids is 1. The van der Waals surface area contributed by atoms with Crippen molar-refractivity contribution in [1.82, 2.24) is 5.32 Å². The van der Waals surface area contributed by atoms with Crippen LogP contribution in [0.5, 0.6) is 5.75 Å². The third kappa shape index (κ3) is 5.22. The number of urea groups is 1. The average Bonchev–Trinajstić information content (AvgIpc) is 2.65. The topological polar surface area (TPSA) is 54.8 Å². The fraction of sp³-hybridized carbons (Fsp3) is 0.350. The molecule has 1 fully saturated rings. The minimum atomic E-state index is -0.137. The lowest BCUT2D eigenvalue weighted by molar-refractivity contribution is -0.918. The van der Waals surface area contributed by atoms with Crippen molar-refractivity contribution >= 4 is 11.7 Å². The Labute approximate surface area is 149 Å². The van der Waals surface area contributed by atoms with E-state index in [2.05, 4.69) is 41.0 Å². The third-order valence-electron chi connectivity index (χ3n) is 4.67. The van der Waals surface area contributed by atoms with Crippen LogP contribution in [0.1, 0.15) is 18.4 Å². The third-order valence-corrected chi connectivity index (χ3v) is 4.67. The van der Waals surface area contributed by atoms with Crippen LogP contribution in [0, 0.1) is 0 Å². The summed E-state index contributed by atoms with van der Waals surface area (Å²) in [5.74, 6) is 0.778. The van der Waals surface area contributed by atoms with E-state index in [-0.39, 0.29) is 12.1 Å². The number of likely N-dealkylation sites (tertiary alicyclic amines) is 1. The molecular formula is C20H26N3O2+. The fourth-order valence-corrected chi connectivity index (χ4v) is 3.26. The molecule has 1 heterocycles. The van der Waals surface area contributed by atoms with Gasteiger partial charge in [-0.05, 0) is 24.3 Å². The predicted molar refractivity (Wildman–Crippen MR) is 99.0 cm³/mol. The van der Waals surface area contributed by atoms with Gasteiger partial charge in [0.15, 0.2) is 0 Å². The highest BCUT2D eigenvalue weighted by atomic mass is 16.5. The van der Waals surface area contributed by atoms with Gasteiger partial charge in [-0.25, -0.2) is 4.79 Å². The average molecular weight is 340 g/mol. The first-order valence-electron chi connectivity index (χ1n) is 8.82. The van der Waals surface area contributed by atoms with Crippen molar-refractivity contribution in [2.24, 2.45) is 0 Å². The summed E-state index contributed by atoms with van der Waals surface area (Å²) in [4.78, 5) is 13.7. The number of hydrogen-bond donors (Lipinski definition) is 3. The molecule has 1 aliphatic heterocycles. The lowest BCUT2D eigenvalue weighted by Gasteiger charge is -2.29. The first kappa shape index (κ1) is 17.3. The van der Waals surface area contributed by atoms with Crippen LogP contribution >= 0.6 is 0 Å². The maximum absolute atomic E-state index is 12.1. The summed E-state index contributed by atoms with van der Waals surface area (Å²) >= 11 is 0. The number of ether oxygens (including phenoxy) is 1. The van der Waals surface area contributed by atoms with Gasteiger partial charge >= 0.3 is 6.03 Å². The SMILES string of the molecule is COc1ccc(NC(=O)NC2CC[NH+](Cc3ccccc3)CC2)cc1. The van der Waals surface area contributed by atoms with Gasteiger partial charge < -0.3 is 20.3 Å². The first-order chi connectivity index (χ1) is 12.2. The molecule has 0 radical (unpaired) electrons. The number of hydrogen-bond acceptors (Lipinski definition) is 2. The molecule has 2 amide bonds. The number of carbonyl (C=O) groups is 1. The molecule has 3 N–H and O–H groups in total. The summed E-state index contributed by atoms with van der Waals surface area (Å²) in [5.41, 5.74) is 2.14. The summed E-state index contributed by atoms with van der Waals surface area (Å²) in [6.07, 6.45) is 2.02. The second kappa shape index (κ2) is 8.53. The Morgan fingerprint density at radius 2 is 1.76 bits per heavy atom. The number of amides is 2. The van der Waals surface area contributed by atoms with Crippen molar-refractivity contribution in [2.45, 2.75) is 25.4 Å². The van der Waals surface area contributed by atoms with Gasteiger partial charge in [-0.3, -0.25) is 0 Å². The number of methoxy groups -OCH3 is 1. The Hall–Kier alpha value is -2.53. The molecule has 1 aliphatic rings. The molecule has 2 aromatic rings. The predicted octanol–water partition coefficient (Wildman–Crippen LogP) is 2.06. The van der Waals surface area contributed by atoms with Crippen LogP contribution in [-0.2, 0) is 6.54 Å². The van der Waals surface area contributed by atoms with Crippen molar-refractivity contribution < 1.29 is 14.4 Å². The minimum Gasteiger partial charge on any atom is -0.497 e. The van der Waals surface area contributed by atoms with Crippen LogP contribution in [0.25, 0.3) is 0 Å². The van der Waals surface area contributed by atoms with Gasteiger partial charge in [0.1, 0.15) is 12.3 Å². The Balaban J connectivity index is 1.41. The van der Waals surface area contributed by atoms with Crippen LogP contribution in [0.2, 0.25) is 0 Å². The first-order valence-corrected chi connectivity index (χ1v) is 8.82. The van der Waals surface area contributed by atoms with E-state index in [9.17, 15) is 4.79 Å². The van der Waals surface area contributed by atoms with Crippen LogP contribution in [0.4, 0.5) is 10.5 Å². The van der Waals surface area contributed by atoms with Crippen molar-refractivity contribution in [3.8, 4) is 5.75 Å². The Morgan fingerprint density at radius 1 is 1.08 bits per heavy atom. The van der Waals surface area contributed by atoms with E-state index in [1.807, 2.05) is 24.3 Å². The molecule has 0 spiro atoms. The lowest BCUT2D eigenvalue weighted by atomic mass is 10.0. The van der Waals surface area contributed by atoms with E-state index >= 15 is 0 Å². The molecule has 5 nitrogen and oxygen atoms in total. The van der Waals surface area contributed by atoms with E-state index in [0.717, 1.165) is 43.9 Å². The highest BCUT2D eigenvalue weighted by Gasteiger charge is 2.23. The number of rotatable bonds is 5. The van der Waals surface area contributed by atoms with Crippen LogP contribution in [0.15, 0.2) is 54.6 Å². The maximum Gasteiger partial charge on any atom is 0.319 e. The minimum absolute atomic E-state index is 0.137. The number of benzene rings is 2. The van der Waals surface area contributed by atoms with E-state index in [0.29, 0.717) is 0 Å². The molecule has 132 valence electrons. The largest absolute Gasteiger partial charge is 0.497 e. The van der Waals surface area contributed by atoms with E-state index in [4.69, 9.17) is 4.74 Å². The Morgan fingerprint density at radius 3 is 2.40 bits per heavy atom. The summed E-state index contributed by atoms with van der Waals surface area (Å²) in [6, 6.07) is 18.0. The second-order valence-electron chi connectivity index (χ2n) is 6.51. The van der Waals surface area contributed by atoms with Crippen LogP contribution in [-0.4, -0.2) is 32.3 Å². The normalized spacial score (nSPS) is 19.9. The van der Waals surface area contributed by atoms with Crippen molar-refractivity contribution in [3.05, 3.63) is 60.2 Å². The zero-order valence-electron chi connectivity index (χ0n) is 14.6. The summed E-state index contributed by atoms with van der Waals surface area (Å²) in [5, 5.41) is 5.96. The van der Waals surface area contributed by atoms with Gasteiger partial charge in [0.25, 0.3) is 0 Å². The fourth-order valence-electron chi connectivity index (χ4n) is 3.26. The van der Waals surface area contributed by atoms with Crippen molar-refractivity contribution in [3.63, 3.8) is 0 Å². The summed E-state index contributed by atoms with van der Waals surface area (Å²) in [6.45, 7) is 3.23. The molecule has 0 aliphatic carbocycles. The van der Waals surface area contributed by atoms with E-state index < -0.39 is 0 Å². The second-order valence-corrected chi connectivity index (χ2v) is 6.51. The molecule has 0 saturated carbocycles. The smallest absolute Gasteiger partial charge is 0.319 e. The van der Waals surface area contributed by atoms with Gasteiger partial charge in [0, 0.05) is 30.1 Å². The van der Waals surface area contributed by atoms with Crippen molar-refractivity contribution in [1.29, 1.82) is 0 Å². The molecule has 0 atom stereocenters. The van der Waals surface area contributed by atoms with Crippen LogP contribution < -0.4 is 20.3 Å². The lowest BCUT2D eigenvalue weighted by Crippen LogP contribution is -3.12. The molecule has 0 bridgehead atoms. The van der Waals surface area contributed by atoms with Gasteiger partial charge in [0.05, 0.1) is 20.2 Å². The molecule has 0 aromatic heterocycles. The van der Waals surface area contributed by atoms with Crippen LogP contribution in [0.3, 0.4) is 0 Å². The number of anilines is 1. The molecule has 2 aromatic carbocycles. The number of nitrogens with one attached hydrogen (secondary N) is 3. The van der Waals surface area contributed by atoms with Crippen molar-refractivity contribution in [2.75, 3.05) is 25.5 Å². The maximum atomic E-state index is 12.1. The molecular weight excluding hydrogens is 314 g/mol. The molecule has 1 saturated heterocycles. The standard InChI is InChI=1S/C20H25N3O2/c1-25-19-9-7-17(8-10-19)21-20(24)22-18-11-13-23(14-12-18)15-16-5-3-2-4-6-16/h2-10,18H,11-15H2,1H3,(H2,21,22,24)/p+1. The van der Waals surface area contributed by atoms with Gasteiger partial charge in [0.2, 0.25) is 0 Å². The van der Waals surface area contributed by atoms with Gasteiger partial charge in [-0.15, -0.1) is 0 Å². The molecule has 25 heavy (non-hydrogen) atoms.